The first-order chi connectivity index (χ1) is 10.8. The Morgan fingerprint density at radius 2 is 1.91 bits per heavy atom. The highest BCUT2D eigenvalue weighted by Gasteiger charge is 2.32. The molecule has 1 saturated carbocycles. The first-order valence-electron chi connectivity index (χ1n) is 8.59. The minimum atomic E-state index is 0.305. The first-order valence-corrected chi connectivity index (χ1v) is 8.96. The van der Waals surface area contributed by atoms with E-state index in [1.54, 1.807) is 0 Å². The highest BCUT2D eigenvalue weighted by molar-refractivity contribution is 6.31. The van der Waals surface area contributed by atoms with Crippen LogP contribution in [0.1, 0.15) is 37.7 Å². The van der Waals surface area contributed by atoms with E-state index in [4.69, 9.17) is 11.6 Å². The summed E-state index contributed by atoms with van der Waals surface area (Å²) in [6.07, 6.45) is 5.97. The van der Waals surface area contributed by atoms with Crippen LogP contribution in [0.4, 0.5) is 0 Å². The van der Waals surface area contributed by atoms with E-state index in [9.17, 15) is 5.11 Å². The van der Waals surface area contributed by atoms with E-state index >= 15 is 0 Å². The lowest BCUT2D eigenvalue weighted by atomic mass is 10.0. The monoisotopic (exact) mass is 322 g/mol. The molecule has 1 aromatic carbocycles. The molecular weight excluding hydrogens is 296 g/mol. The Morgan fingerprint density at radius 3 is 2.55 bits per heavy atom. The second-order valence-corrected chi connectivity index (χ2v) is 7.17. The van der Waals surface area contributed by atoms with Crippen molar-refractivity contribution in [2.45, 2.75) is 50.7 Å². The maximum Gasteiger partial charge on any atom is 0.0451 e. The maximum absolute atomic E-state index is 9.21. The van der Waals surface area contributed by atoms with Crippen LogP contribution in [0.5, 0.6) is 0 Å². The van der Waals surface area contributed by atoms with Gasteiger partial charge < -0.3 is 10.4 Å². The molecule has 2 N–H and O–H groups in total. The number of aliphatic hydroxyl groups excluding tert-OH is 1. The van der Waals surface area contributed by atoms with Gasteiger partial charge in [0.1, 0.15) is 0 Å². The summed E-state index contributed by atoms with van der Waals surface area (Å²) >= 11 is 6.25. The molecule has 1 aliphatic heterocycles. The fraction of sp³-hybridized carbons (Fsp3) is 0.667. The normalized spacial score (nSPS) is 21.9. The Morgan fingerprint density at radius 1 is 1.18 bits per heavy atom. The summed E-state index contributed by atoms with van der Waals surface area (Å²) in [5.41, 5.74) is 1.23. The lowest BCUT2D eigenvalue weighted by Crippen LogP contribution is -2.47. The van der Waals surface area contributed by atoms with Crippen LogP contribution in [0.15, 0.2) is 24.3 Å². The van der Waals surface area contributed by atoms with Crippen LogP contribution in [0.25, 0.3) is 0 Å². The fourth-order valence-corrected chi connectivity index (χ4v) is 3.72. The largest absolute Gasteiger partial charge is 0.396 e. The summed E-state index contributed by atoms with van der Waals surface area (Å²) in [5.74, 6) is 0.813. The van der Waals surface area contributed by atoms with E-state index in [-0.39, 0.29) is 0 Å². The number of rotatable bonds is 7. The van der Waals surface area contributed by atoms with Crippen molar-refractivity contribution >= 4 is 11.6 Å². The van der Waals surface area contributed by atoms with E-state index in [1.807, 2.05) is 12.1 Å². The van der Waals surface area contributed by atoms with Crippen molar-refractivity contribution in [2.24, 2.45) is 5.92 Å². The SMILES string of the molecule is OCCC(NC1CCN(Cc2ccccc2Cl)CC1)C1CC1. The van der Waals surface area contributed by atoms with Gasteiger partial charge in [0.05, 0.1) is 0 Å². The first kappa shape index (κ1) is 16.3. The molecule has 3 rings (SSSR count). The zero-order valence-electron chi connectivity index (χ0n) is 13.2. The number of aliphatic hydroxyl groups is 1. The predicted molar refractivity (Wildman–Crippen MR) is 91.1 cm³/mol. The Labute approximate surface area is 138 Å². The molecule has 1 heterocycles. The highest BCUT2D eigenvalue weighted by atomic mass is 35.5. The maximum atomic E-state index is 9.21. The van der Waals surface area contributed by atoms with E-state index in [1.165, 1.54) is 31.2 Å². The Bertz CT molecular complexity index is 470. The Hall–Kier alpha value is -0.610. The quantitative estimate of drug-likeness (QED) is 0.810. The number of benzene rings is 1. The molecule has 122 valence electrons. The number of hydrogen-bond donors (Lipinski definition) is 2. The molecule has 2 aliphatic rings. The van der Waals surface area contributed by atoms with Gasteiger partial charge >= 0.3 is 0 Å². The number of nitrogens with one attached hydrogen (secondary N) is 1. The molecule has 1 saturated heterocycles. The minimum Gasteiger partial charge on any atom is -0.396 e. The van der Waals surface area contributed by atoms with Crippen molar-refractivity contribution in [1.29, 1.82) is 0 Å². The van der Waals surface area contributed by atoms with Crippen LogP contribution in [0.2, 0.25) is 5.02 Å². The van der Waals surface area contributed by atoms with Gasteiger partial charge in [0.15, 0.2) is 0 Å². The fourth-order valence-electron chi connectivity index (χ4n) is 3.52. The van der Waals surface area contributed by atoms with Crippen molar-refractivity contribution in [3.8, 4) is 0 Å². The van der Waals surface area contributed by atoms with Crippen LogP contribution in [0.3, 0.4) is 0 Å². The lowest BCUT2D eigenvalue weighted by Gasteiger charge is -2.34. The van der Waals surface area contributed by atoms with Crippen molar-refractivity contribution in [2.75, 3.05) is 19.7 Å². The summed E-state index contributed by atoms with van der Waals surface area (Å²) < 4.78 is 0. The van der Waals surface area contributed by atoms with Crippen LogP contribution in [-0.4, -0.2) is 41.8 Å². The van der Waals surface area contributed by atoms with Gasteiger partial charge in [-0.15, -0.1) is 0 Å². The molecule has 22 heavy (non-hydrogen) atoms. The van der Waals surface area contributed by atoms with Crippen LogP contribution < -0.4 is 5.32 Å². The summed E-state index contributed by atoms with van der Waals surface area (Å²) in [6, 6.07) is 9.29. The third-order valence-corrected chi connectivity index (χ3v) is 5.39. The van der Waals surface area contributed by atoms with Gasteiger partial charge in [0.25, 0.3) is 0 Å². The van der Waals surface area contributed by atoms with Gasteiger partial charge in [-0.3, -0.25) is 4.90 Å². The van der Waals surface area contributed by atoms with Gasteiger partial charge in [-0.1, -0.05) is 29.8 Å². The van der Waals surface area contributed by atoms with Crippen molar-refractivity contribution in [3.05, 3.63) is 34.9 Å². The lowest BCUT2D eigenvalue weighted by molar-refractivity contribution is 0.173. The van der Waals surface area contributed by atoms with E-state index in [0.29, 0.717) is 18.7 Å². The Kier molecular flexibility index (Phi) is 5.75. The van der Waals surface area contributed by atoms with Gasteiger partial charge in [0.2, 0.25) is 0 Å². The number of likely N-dealkylation sites (tertiary alicyclic amines) is 1. The summed E-state index contributed by atoms with van der Waals surface area (Å²) in [6.45, 7) is 3.51. The molecule has 3 nitrogen and oxygen atoms in total. The Balaban J connectivity index is 1.45. The van der Waals surface area contributed by atoms with Crippen molar-refractivity contribution in [1.82, 2.24) is 10.2 Å². The molecular formula is C18H27ClN2O. The smallest absolute Gasteiger partial charge is 0.0451 e. The van der Waals surface area contributed by atoms with Crippen LogP contribution >= 0.6 is 11.6 Å². The molecule has 0 bridgehead atoms. The molecule has 1 atom stereocenters. The van der Waals surface area contributed by atoms with Gasteiger partial charge in [-0.05, 0) is 62.7 Å². The second-order valence-electron chi connectivity index (χ2n) is 6.76. The zero-order chi connectivity index (χ0) is 15.4. The van der Waals surface area contributed by atoms with Crippen molar-refractivity contribution in [3.63, 3.8) is 0 Å². The van der Waals surface area contributed by atoms with E-state index in [0.717, 1.165) is 37.0 Å². The number of nitrogens with zero attached hydrogens (tertiary/aromatic N) is 1. The molecule has 0 amide bonds. The number of piperidine rings is 1. The van der Waals surface area contributed by atoms with Gasteiger partial charge in [0, 0.05) is 30.3 Å². The summed E-state index contributed by atoms with van der Waals surface area (Å²) in [4.78, 5) is 2.50. The third-order valence-electron chi connectivity index (χ3n) is 5.02. The molecule has 1 aromatic rings. The molecule has 0 radical (unpaired) electrons. The summed E-state index contributed by atoms with van der Waals surface area (Å²) in [5, 5.41) is 13.9. The van der Waals surface area contributed by atoms with Gasteiger partial charge in [-0.2, -0.15) is 0 Å². The van der Waals surface area contributed by atoms with Gasteiger partial charge in [-0.25, -0.2) is 0 Å². The highest BCUT2D eigenvalue weighted by Crippen LogP contribution is 2.34. The molecule has 0 spiro atoms. The van der Waals surface area contributed by atoms with Crippen LogP contribution in [0, 0.1) is 5.92 Å². The molecule has 1 unspecified atom stereocenters. The number of halogens is 1. The zero-order valence-corrected chi connectivity index (χ0v) is 13.9. The second kappa shape index (κ2) is 7.78. The molecule has 2 fully saturated rings. The standard InChI is InChI=1S/C18H27ClN2O/c19-17-4-2-1-3-15(17)13-21-10-7-16(8-11-21)20-18(9-12-22)14-5-6-14/h1-4,14,16,18,20,22H,5-13H2. The third kappa shape index (κ3) is 4.45. The average molecular weight is 323 g/mol. The molecule has 4 heteroatoms. The molecule has 0 aromatic heterocycles. The summed E-state index contributed by atoms with van der Waals surface area (Å²) in [7, 11) is 0. The average Bonchev–Trinajstić information content (AvgIpc) is 3.36. The number of hydrogen-bond acceptors (Lipinski definition) is 3. The molecule has 1 aliphatic carbocycles. The van der Waals surface area contributed by atoms with Crippen molar-refractivity contribution < 1.29 is 5.11 Å². The predicted octanol–water partition coefficient (Wildman–Crippen LogP) is 3.06. The van der Waals surface area contributed by atoms with Crippen LogP contribution in [-0.2, 0) is 6.54 Å². The van der Waals surface area contributed by atoms with E-state index in [2.05, 4.69) is 22.3 Å². The van der Waals surface area contributed by atoms with E-state index < -0.39 is 0 Å². The minimum absolute atomic E-state index is 0.305. The topological polar surface area (TPSA) is 35.5 Å².